The molecular formula is C10H9N2OS. The normalized spacial score (nSPS) is 12.9. The zero-order valence-corrected chi connectivity index (χ0v) is 8.17. The molecule has 1 heterocycles. The first-order chi connectivity index (χ1) is 6.70. The van der Waals surface area contributed by atoms with Crippen LogP contribution in [-0.4, -0.2) is 5.91 Å². The van der Waals surface area contributed by atoms with Crippen LogP contribution in [0.2, 0.25) is 0 Å². The molecule has 3 nitrogen and oxygen atoms in total. The molecule has 2 rings (SSSR count). The fourth-order valence-electron chi connectivity index (χ4n) is 1.38. The molecule has 0 spiro atoms. The summed E-state index contributed by atoms with van der Waals surface area (Å²) >= 11 is 1.54. The van der Waals surface area contributed by atoms with Crippen molar-refractivity contribution in [2.75, 3.05) is 0 Å². The third-order valence-corrected chi connectivity index (χ3v) is 3.11. The maximum Gasteiger partial charge on any atom is 0.259 e. The number of thiophene rings is 1. The first-order valence-electron chi connectivity index (χ1n) is 4.17. The molecule has 3 N–H and O–H groups in total. The van der Waals surface area contributed by atoms with Crippen molar-refractivity contribution < 1.29 is 4.79 Å². The highest BCUT2D eigenvalue weighted by Gasteiger charge is 2.16. The number of hydrogen-bond acceptors (Lipinski definition) is 3. The summed E-state index contributed by atoms with van der Waals surface area (Å²) in [6, 6.07) is 6.93. The minimum atomic E-state index is -0.814. The Morgan fingerprint density at radius 3 is 2.86 bits per heavy atom. The second kappa shape index (κ2) is 3.40. The van der Waals surface area contributed by atoms with E-state index in [-0.39, 0.29) is 0 Å². The Morgan fingerprint density at radius 1 is 1.43 bits per heavy atom. The van der Waals surface area contributed by atoms with E-state index in [0.717, 1.165) is 15.6 Å². The summed E-state index contributed by atoms with van der Waals surface area (Å²) in [6.45, 7) is 0. The standard InChI is InChI=1S/C10H9N2OS/c11-9(10(12)13)7-5-14-8-4-2-1-3-6(7)8/h1-5,9,12H,11H2/t9-/m1/s1. The van der Waals surface area contributed by atoms with Crippen molar-refractivity contribution >= 4 is 27.3 Å². The summed E-state index contributed by atoms with van der Waals surface area (Å²) in [4.78, 5) is 10.8. The van der Waals surface area contributed by atoms with Crippen LogP contribution in [0.15, 0.2) is 29.6 Å². The Hall–Kier alpha value is -1.39. The molecule has 0 aliphatic rings. The zero-order valence-electron chi connectivity index (χ0n) is 7.36. The van der Waals surface area contributed by atoms with Gasteiger partial charge in [0.2, 0.25) is 0 Å². The lowest BCUT2D eigenvalue weighted by Gasteiger charge is -2.04. The van der Waals surface area contributed by atoms with Crippen LogP contribution in [0.4, 0.5) is 0 Å². The number of amides is 1. The zero-order chi connectivity index (χ0) is 10.1. The largest absolute Gasteiger partial charge is 0.316 e. The lowest BCUT2D eigenvalue weighted by Crippen LogP contribution is -2.21. The maximum absolute atomic E-state index is 10.8. The van der Waals surface area contributed by atoms with Crippen LogP contribution in [0.3, 0.4) is 0 Å². The SMILES string of the molecule is [NH]C(=O)[C@H](N)c1csc2ccccc12. The van der Waals surface area contributed by atoms with E-state index in [0.29, 0.717) is 0 Å². The van der Waals surface area contributed by atoms with Gasteiger partial charge in [0.05, 0.1) is 0 Å². The van der Waals surface area contributed by atoms with Crippen molar-refractivity contribution in [3.63, 3.8) is 0 Å². The van der Waals surface area contributed by atoms with Gasteiger partial charge in [-0.2, -0.15) is 0 Å². The van der Waals surface area contributed by atoms with E-state index in [9.17, 15) is 4.79 Å². The van der Waals surface area contributed by atoms with Crippen LogP contribution in [0.1, 0.15) is 11.6 Å². The first kappa shape index (κ1) is 9.18. The Labute approximate surface area is 85.3 Å². The number of nitrogens with two attached hydrogens (primary N) is 1. The molecular weight excluding hydrogens is 196 g/mol. The number of hydrogen-bond donors (Lipinski definition) is 1. The monoisotopic (exact) mass is 205 g/mol. The molecule has 1 amide bonds. The van der Waals surface area contributed by atoms with E-state index in [1.165, 1.54) is 0 Å². The molecule has 4 heteroatoms. The maximum atomic E-state index is 10.8. The molecule has 1 radical (unpaired) electrons. The highest BCUT2D eigenvalue weighted by atomic mass is 32.1. The quantitative estimate of drug-likeness (QED) is 0.811. The van der Waals surface area contributed by atoms with Crippen molar-refractivity contribution in [1.29, 1.82) is 0 Å². The van der Waals surface area contributed by atoms with Crippen LogP contribution in [0.25, 0.3) is 10.1 Å². The Bertz CT molecular complexity index is 478. The van der Waals surface area contributed by atoms with E-state index in [1.807, 2.05) is 29.6 Å². The van der Waals surface area contributed by atoms with E-state index in [4.69, 9.17) is 11.5 Å². The average molecular weight is 205 g/mol. The predicted molar refractivity (Wildman–Crippen MR) is 56.9 cm³/mol. The van der Waals surface area contributed by atoms with Crippen LogP contribution >= 0.6 is 11.3 Å². The fraction of sp³-hybridized carbons (Fsp3) is 0.100. The second-order valence-electron chi connectivity index (χ2n) is 3.03. The molecule has 71 valence electrons. The molecule has 2 aromatic rings. The molecule has 14 heavy (non-hydrogen) atoms. The Kier molecular flexibility index (Phi) is 2.23. The topological polar surface area (TPSA) is 66.9 Å². The average Bonchev–Trinajstić information content (AvgIpc) is 2.60. The van der Waals surface area contributed by atoms with Crippen LogP contribution in [-0.2, 0) is 4.79 Å². The van der Waals surface area contributed by atoms with Gasteiger partial charge in [0.15, 0.2) is 0 Å². The molecule has 0 bridgehead atoms. The highest BCUT2D eigenvalue weighted by molar-refractivity contribution is 7.17. The Balaban J connectivity index is 2.58. The van der Waals surface area contributed by atoms with Crippen molar-refractivity contribution in [3.8, 4) is 0 Å². The Morgan fingerprint density at radius 2 is 2.14 bits per heavy atom. The summed E-state index contributed by atoms with van der Waals surface area (Å²) in [5, 5.41) is 2.83. The van der Waals surface area contributed by atoms with Gasteiger partial charge in [0.1, 0.15) is 6.04 Å². The van der Waals surface area contributed by atoms with E-state index >= 15 is 0 Å². The fourth-order valence-corrected chi connectivity index (χ4v) is 2.38. The number of benzene rings is 1. The van der Waals surface area contributed by atoms with Crippen molar-refractivity contribution in [3.05, 3.63) is 35.2 Å². The van der Waals surface area contributed by atoms with E-state index in [2.05, 4.69) is 0 Å². The number of nitrogens with one attached hydrogen (secondary N) is 1. The van der Waals surface area contributed by atoms with Gasteiger partial charge in [0, 0.05) is 4.70 Å². The third kappa shape index (κ3) is 1.38. The van der Waals surface area contributed by atoms with E-state index in [1.54, 1.807) is 11.3 Å². The lowest BCUT2D eigenvalue weighted by molar-refractivity contribution is -0.119. The van der Waals surface area contributed by atoms with Crippen LogP contribution < -0.4 is 11.5 Å². The summed E-state index contributed by atoms with van der Waals surface area (Å²) in [7, 11) is 0. The minimum absolute atomic E-state index is 0.742. The molecule has 0 aliphatic heterocycles. The van der Waals surface area contributed by atoms with Crippen molar-refractivity contribution in [2.45, 2.75) is 6.04 Å². The number of carbonyl (C=O) groups excluding carboxylic acids is 1. The number of rotatable bonds is 2. The van der Waals surface area contributed by atoms with Crippen LogP contribution in [0, 0.1) is 0 Å². The molecule has 0 aliphatic carbocycles. The van der Waals surface area contributed by atoms with E-state index < -0.39 is 11.9 Å². The van der Waals surface area contributed by atoms with Gasteiger partial charge >= 0.3 is 0 Å². The third-order valence-electron chi connectivity index (χ3n) is 2.13. The van der Waals surface area contributed by atoms with Crippen molar-refractivity contribution in [1.82, 2.24) is 5.73 Å². The smallest absolute Gasteiger partial charge is 0.259 e. The summed E-state index contributed by atoms with van der Waals surface area (Å²) in [5.41, 5.74) is 13.3. The molecule has 0 fully saturated rings. The second-order valence-corrected chi connectivity index (χ2v) is 3.94. The van der Waals surface area contributed by atoms with Gasteiger partial charge in [-0.05, 0) is 22.4 Å². The van der Waals surface area contributed by atoms with Gasteiger partial charge < -0.3 is 5.73 Å². The predicted octanol–water partition coefficient (Wildman–Crippen LogP) is 1.71. The van der Waals surface area contributed by atoms with Gasteiger partial charge in [-0.25, -0.2) is 0 Å². The number of carbonyl (C=O) groups is 1. The summed E-state index contributed by atoms with van der Waals surface area (Å²) in [5.74, 6) is -0.742. The molecule has 1 aromatic carbocycles. The van der Waals surface area contributed by atoms with Gasteiger partial charge in [0.25, 0.3) is 5.91 Å². The lowest BCUT2D eigenvalue weighted by atomic mass is 10.1. The summed E-state index contributed by atoms with van der Waals surface area (Å²) < 4.78 is 1.10. The van der Waals surface area contributed by atoms with Crippen LogP contribution in [0.5, 0.6) is 0 Å². The molecule has 1 atom stereocenters. The molecule has 0 saturated carbocycles. The molecule has 1 aromatic heterocycles. The highest BCUT2D eigenvalue weighted by Crippen LogP contribution is 2.29. The first-order valence-corrected chi connectivity index (χ1v) is 5.05. The minimum Gasteiger partial charge on any atom is -0.316 e. The van der Waals surface area contributed by atoms with Gasteiger partial charge in [-0.15, -0.1) is 11.3 Å². The van der Waals surface area contributed by atoms with Gasteiger partial charge in [-0.3, -0.25) is 10.5 Å². The van der Waals surface area contributed by atoms with Gasteiger partial charge in [-0.1, -0.05) is 18.2 Å². The van der Waals surface area contributed by atoms with Crippen molar-refractivity contribution in [2.24, 2.45) is 5.73 Å². The summed E-state index contributed by atoms with van der Waals surface area (Å²) in [6.07, 6.45) is 0. The molecule has 0 saturated heterocycles. The molecule has 0 unspecified atom stereocenters. The number of fused-ring (bicyclic) bond motifs is 1.